The highest BCUT2D eigenvalue weighted by Crippen LogP contribution is 2.20. The first kappa shape index (κ1) is 21.5. The topological polar surface area (TPSA) is 114 Å². The summed E-state index contributed by atoms with van der Waals surface area (Å²) in [5.74, 6) is -0.745. The number of hydrogen-bond donors (Lipinski definition) is 2. The van der Waals surface area contributed by atoms with Crippen molar-refractivity contribution in [3.63, 3.8) is 0 Å². The summed E-state index contributed by atoms with van der Waals surface area (Å²) >= 11 is 1.10. The molecule has 3 rings (SSSR count). The van der Waals surface area contributed by atoms with Gasteiger partial charge in [-0.05, 0) is 43.3 Å². The number of nitrogens with one attached hydrogen (secondary N) is 2. The molecule has 30 heavy (non-hydrogen) atoms. The van der Waals surface area contributed by atoms with E-state index in [4.69, 9.17) is 4.74 Å². The number of benzene rings is 2. The molecule has 0 atom stereocenters. The summed E-state index contributed by atoms with van der Waals surface area (Å²) in [4.78, 5) is 28.2. The van der Waals surface area contributed by atoms with Gasteiger partial charge in [-0.25, -0.2) is 18.2 Å². The highest BCUT2D eigenvalue weighted by atomic mass is 32.2. The van der Waals surface area contributed by atoms with Crippen molar-refractivity contribution in [2.45, 2.75) is 18.2 Å². The van der Waals surface area contributed by atoms with Crippen molar-refractivity contribution in [1.82, 2.24) is 4.98 Å². The van der Waals surface area contributed by atoms with Gasteiger partial charge in [0.2, 0.25) is 5.91 Å². The van der Waals surface area contributed by atoms with Gasteiger partial charge in [-0.2, -0.15) is 0 Å². The molecule has 0 spiro atoms. The Morgan fingerprint density at radius 2 is 1.77 bits per heavy atom. The molecule has 8 nitrogen and oxygen atoms in total. The van der Waals surface area contributed by atoms with E-state index in [0.29, 0.717) is 16.9 Å². The Hall–Kier alpha value is -3.24. The van der Waals surface area contributed by atoms with Gasteiger partial charge in [0.25, 0.3) is 10.0 Å². The molecule has 0 aliphatic carbocycles. The van der Waals surface area contributed by atoms with Crippen LogP contribution in [0.25, 0.3) is 0 Å². The molecular weight excluding hydrogens is 426 g/mol. The van der Waals surface area contributed by atoms with Crippen LogP contribution in [0.15, 0.2) is 64.9 Å². The van der Waals surface area contributed by atoms with E-state index in [1.54, 1.807) is 54.8 Å². The second-order valence-corrected chi connectivity index (χ2v) is 8.63. The highest BCUT2D eigenvalue weighted by Gasteiger charge is 2.16. The van der Waals surface area contributed by atoms with Crippen LogP contribution in [-0.4, -0.2) is 31.9 Å². The number of amides is 1. The minimum atomic E-state index is -3.73. The molecule has 0 fully saturated rings. The first-order valence-electron chi connectivity index (χ1n) is 8.96. The average molecular weight is 446 g/mol. The number of rotatable bonds is 8. The molecule has 1 amide bonds. The number of nitrogens with zero attached hydrogens (tertiary/aromatic N) is 1. The monoisotopic (exact) mass is 445 g/mol. The maximum Gasteiger partial charge on any atom is 0.338 e. The van der Waals surface area contributed by atoms with E-state index >= 15 is 0 Å². The summed E-state index contributed by atoms with van der Waals surface area (Å²) in [6, 6.07) is 14.3. The Kier molecular flexibility index (Phi) is 6.80. The van der Waals surface area contributed by atoms with Crippen LogP contribution >= 0.6 is 11.3 Å². The van der Waals surface area contributed by atoms with Crippen LogP contribution in [0, 0.1) is 0 Å². The Morgan fingerprint density at radius 3 is 2.43 bits per heavy atom. The molecule has 2 N–H and O–H groups in total. The fourth-order valence-corrected chi connectivity index (χ4v) is 4.47. The first-order chi connectivity index (χ1) is 14.4. The van der Waals surface area contributed by atoms with Gasteiger partial charge in [-0.15, -0.1) is 11.3 Å². The molecule has 0 aliphatic heterocycles. The zero-order valence-corrected chi connectivity index (χ0v) is 17.6. The molecule has 0 saturated carbocycles. The van der Waals surface area contributed by atoms with Crippen molar-refractivity contribution >= 4 is 44.1 Å². The fraction of sp³-hybridized carbons (Fsp3) is 0.150. The van der Waals surface area contributed by atoms with Gasteiger partial charge >= 0.3 is 5.97 Å². The quantitative estimate of drug-likeness (QED) is 0.514. The molecule has 0 radical (unpaired) electrons. The number of carbonyl (C=O) groups excluding carboxylic acids is 2. The van der Waals surface area contributed by atoms with Gasteiger partial charge in [-0.1, -0.05) is 18.2 Å². The Balaban J connectivity index is 1.58. The Bertz CT molecular complexity index is 1130. The zero-order chi connectivity index (χ0) is 21.6. The second kappa shape index (κ2) is 9.51. The van der Waals surface area contributed by atoms with Gasteiger partial charge in [-0.3, -0.25) is 9.52 Å². The van der Waals surface area contributed by atoms with Gasteiger partial charge in [0.15, 0.2) is 5.13 Å². The molecule has 0 unspecified atom stereocenters. The lowest BCUT2D eigenvalue weighted by Crippen LogP contribution is -2.15. The minimum absolute atomic E-state index is 0.0246. The van der Waals surface area contributed by atoms with Gasteiger partial charge in [0.1, 0.15) is 0 Å². The third-order valence-corrected chi connectivity index (χ3v) is 6.14. The smallest absolute Gasteiger partial charge is 0.338 e. The number of aromatic nitrogens is 1. The summed E-state index contributed by atoms with van der Waals surface area (Å²) < 4.78 is 32.0. The van der Waals surface area contributed by atoms with Crippen LogP contribution < -0.4 is 10.0 Å². The van der Waals surface area contributed by atoms with Crippen LogP contribution in [0.4, 0.5) is 10.8 Å². The van der Waals surface area contributed by atoms with Crippen molar-refractivity contribution < 1.29 is 22.7 Å². The largest absolute Gasteiger partial charge is 0.462 e. The maximum absolute atomic E-state index is 12.3. The summed E-state index contributed by atoms with van der Waals surface area (Å²) in [6.45, 7) is 2.01. The molecule has 10 heteroatoms. The zero-order valence-electron chi connectivity index (χ0n) is 16.0. The van der Waals surface area contributed by atoms with E-state index in [9.17, 15) is 18.0 Å². The minimum Gasteiger partial charge on any atom is -0.462 e. The van der Waals surface area contributed by atoms with Crippen molar-refractivity contribution in [3.05, 3.63) is 71.2 Å². The van der Waals surface area contributed by atoms with E-state index in [1.165, 1.54) is 12.1 Å². The average Bonchev–Trinajstić information content (AvgIpc) is 3.15. The number of carbonyl (C=O) groups is 2. The van der Waals surface area contributed by atoms with Crippen molar-refractivity contribution in [1.29, 1.82) is 0 Å². The Morgan fingerprint density at radius 1 is 1.07 bits per heavy atom. The molecule has 1 heterocycles. The third-order valence-electron chi connectivity index (χ3n) is 3.85. The molecule has 0 bridgehead atoms. The van der Waals surface area contributed by atoms with E-state index in [1.807, 2.05) is 0 Å². The standard InChI is InChI=1S/C20H19N3O5S2/c1-2-28-19(25)14-8-10-15(11-9-14)21-18(24)12-16-13-29-20(22-16)23-30(26,27)17-6-4-3-5-7-17/h3-11,13H,2,12H2,1H3,(H,21,24)(H,22,23). The lowest BCUT2D eigenvalue weighted by molar-refractivity contribution is -0.115. The van der Waals surface area contributed by atoms with E-state index in [-0.39, 0.29) is 29.0 Å². The van der Waals surface area contributed by atoms with Crippen molar-refractivity contribution in [2.24, 2.45) is 0 Å². The predicted molar refractivity (Wildman–Crippen MR) is 114 cm³/mol. The van der Waals surface area contributed by atoms with Crippen LogP contribution in [0.1, 0.15) is 23.0 Å². The lowest BCUT2D eigenvalue weighted by Gasteiger charge is -2.06. The first-order valence-corrected chi connectivity index (χ1v) is 11.3. The summed E-state index contributed by atoms with van der Waals surface area (Å²) in [5.41, 5.74) is 1.35. The molecule has 3 aromatic rings. The SMILES string of the molecule is CCOC(=O)c1ccc(NC(=O)Cc2csc(NS(=O)(=O)c3ccccc3)n2)cc1. The van der Waals surface area contributed by atoms with E-state index < -0.39 is 16.0 Å². The molecule has 0 saturated heterocycles. The van der Waals surface area contributed by atoms with Gasteiger partial charge in [0.05, 0.1) is 29.2 Å². The number of esters is 1. The number of ether oxygens (including phenoxy) is 1. The highest BCUT2D eigenvalue weighted by molar-refractivity contribution is 7.93. The van der Waals surface area contributed by atoms with Crippen LogP contribution in [0.2, 0.25) is 0 Å². The molecule has 156 valence electrons. The predicted octanol–water partition coefficient (Wildman–Crippen LogP) is 3.30. The third kappa shape index (κ3) is 5.65. The Labute approximate surface area is 178 Å². The van der Waals surface area contributed by atoms with Crippen LogP contribution in [0.5, 0.6) is 0 Å². The van der Waals surface area contributed by atoms with Crippen LogP contribution in [-0.2, 0) is 26.0 Å². The number of anilines is 2. The van der Waals surface area contributed by atoms with Gasteiger partial charge < -0.3 is 10.1 Å². The van der Waals surface area contributed by atoms with Crippen LogP contribution in [0.3, 0.4) is 0 Å². The van der Waals surface area contributed by atoms with E-state index in [0.717, 1.165) is 11.3 Å². The molecule has 1 aromatic heterocycles. The molecular formula is C20H19N3O5S2. The summed E-state index contributed by atoms with van der Waals surface area (Å²) in [7, 11) is -3.73. The van der Waals surface area contributed by atoms with Gasteiger partial charge in [0, 0.05) is 11.1 Å². The lowest BCUT2D eigenvalue weighted by atomic mass is 10.2. The summed E-state index contributed by atoms with van der Waals surface area (Å²) in [6.07, 6.45) is -0.0246. The summed E-state index contributed by atoms with van der Waals surface area (Å²) in [5, 5.41) is 4.51. The van der Waals surface area contributed by atoms with Crippen molar-refractivity contribution in [2.75, 3.05) is 16.6 Å². The second-order valence-electron chi connectivity index (χ2n) is 6.09. The number of thiazole rings is 1. The normalized spacial score (nSPS) is 11.0. The van der Waals surface area contributed by atoms with Crippen molar-refractivity contribution in [3.8, 4) is 0 Å². The fourth-order valence-electron chi connectivity index (χ4n) is 2.48. The van der Waals surface area contributed by atoms with E-state index in [2.05, 4.69) is 15.0 Å². The molecule has 2 aromatic carbocycles. The number of sulfonamides is 1. The number of hydrogen-bond acceptors (Lipinski definition) is 7. The maximum atomic E-state index is 12.3. The molecule has 0 aliphatic rings.